The number of non-ortho nitro benzene ring substituents is 1. The van der Waals surface area contributed by atoms with Crippen molar-refractivity contribution in [3.63, 3.8) is 0 Å². The lowest BCUT2D eigenvalue weighted by Crippen LogP contribution is -2.33. The van der Waals surface area contributed by atoms with Gasteiger partial charge in [0.15, 0.2) is 0 Å². The van der Waals surface area contributed by atoms with E-state index >= 15 is 0 Å². The van der Waals surface area contributed by atoms with Gasteiger partial charge in [0.2, 0.25) is 15.9 Å². The first-order chi connectivity index (χ1) is 12.6. The fraction of sp³-hybridized carbons (Fsp3) is 0.278. The summed E-state index contributed by atoms with van der Waals surface area (Å²) in [5, 5.41) is 13.3. The smallest absolute Gasteiger partial charge is 0.269 e. The van der Waals surface area contributed by atoms with Crippen molar-refractivity contribution in [2.24, 2.45) is 0 Å². The summed E-state index contributed by atoms with van der Waals surface area (Å²) in [4.78, 5) is 22.4. The minimum atomic E-state index is -3.58. The molecule has 0 atom stereocenters. The minimum absolute atomic E-state index is 0.0395. The summed E-state index contributed by atoms with van der Waals surface area (Å²) in [5.74, 6) is -0.307. The third-order valence-electron chi connectivity index (χ3n) is 4.05. The van der Waals surface area contributed by atoms with Crippen molar-refractivity contribution in [3.8, 4) is 0 Å². The Labute approximate surface area is 158 Å². The number of amides is 1. The van der Waals surface area contributed by atoms with Crippen molar-refractivity contribution >= 4 is 27.3 Å². The molecule has 0 heterocycles. The van der Waals surface area contributed by atoms with Crippen LogP contribution < -0.4 is 5.32 Å². The zero-order valence-corrected chi connectivity index (χ0v) is 16.1. The number of carbonyl (C=O) groups excluding carboxylic acids is 1. The Hall–Kier alpha value is -2.78. The van der Waals surface area contributed by atoms with Crippen molar-refractivity contribution < 1.29 is 18.1 Å². The minimum Gasteiger partial charge on any atom is -0.326 e. The summed E-state index contributed by atoms with van der Waals surface area (Å²) in [5.41, 5.74) is 1.06. The van der Waals surface area contributed by atoms with E-state index in [9.17, 15) is 23.3 Å². The van der Waals surface area contributed by atoms with Gasteiger partial charge in [-0.3, -0.25) is 14.9 Å². The van der Waals surface area contributed by atoms with Crippen LogP contribution in [0.25, 0.3) is 0 Å². The fourth-order valence-corrected chi connectivity index (χ4v) is 3.65. The number of nitrogens with zero attached hydrogens (tertiary/aromatic N) is 2. The number of anilines is 1. The van der Waals surface area contributed by atoms with Crippen molar-refractivity contribution in [1.29, 1.82) is 0 Å². The van der Waals surface area contributed by atoms with Gasteiger partial charge < -0.3 is 5.32 Å². The molecule has 144 valence electrons. The molecule has 0 spiro atoms. The molecule has 2 aromatic rings. The molecular weight excluding hydrogens is 370 g/mol. The van der Waals surface area contributed by atoms with E-state index in [-0.39, 0.29) is 29.0 Å². The van der Waals surface area contributed by atoms with E-state index in [0.717, 1.165) is 0 Å². The molecule has 2 aromatic carbocycles. The monoisotopic (exact) mass is 391 g/mol. The first kappa shape index (κ1) is 20.5. The van der Waals surface area contributed by atoms with Crippen LogP contribution in [0.5, 0.6) is 0 Å². The standard InChI is InChI=1S/C18H21N3O5S/c1-13(2)20(3)27(25,26)17-10-6-15(7-11-17)19-18(22)12-14-4-8-16(9-5-14)21(23)24/h4-11,13H,12H2,1-3H3,(H,19,22). The number of hydrogen-bond donors (Lipinski definition) is 1. The summed E-state index contributed by atoms with van der Waals surface area (Å²) in [6, 6.07) is 11.5. The highest BCUT2D eigenvalue weighted by Crippen LogP contribution is 2.19. The molecule has 9 heteroatoms. The second-order valence-electron chi connectivity index (χ2n) is 6.29. The predicted molar refractivity (Wildman–Crippen MR) is 102 cm³/mol. The van der Waals surface area contributed by atoms with Crippen molar-refractivity contribution in [1.82, 2.24) is 4.31 Å². The van der Waals surface area contributed by atoms with E-state index in [1.807, 2.05) is 0 Å². The normalized spacial score (nSPS) is 11.6. The fourth-order valence-electron chi connectivity index (χ4n) is 2.28. The molecule has 2 rings (SSSR count). The van der Waals surface area contributed by atoms with Gasteiger partial charge in [-0.2, -0.15) is 4.31 Å². The van der Waals surface area contributed by atoms with E-state index in [1.165, 1.54) is 59.9 Å². The lowest BCUT2D eigenvalue weighted by Gasteiger charge is -2.21. The maximum atomic E-state index is 12.4. The number of benzene rings is 2. The second kappa shape index (κ2) is 8.28. The number of sulfonamides is 1. The maximum Gasteiger partial charge on any atom is 0.269 e. The number of rotatable bonds is 7. The molecule has 0 aliphatic rings. The van der Waals surface area contributed by atoms with Gasteiger partial charge in [0.25, 0.3) is 5.69 Å². The Bertz CT molecular complexity index is 922. The van der Waals surface area contributed by atoms with Crippen molar-refractivity contribution in [2.45, 2.75) is 31.2 Å². The van der Waals surface area contributed by atoms with E-state index in [1.54, 1.807) is 13.8 Å². The molecule has 0 aromatic heterocycles. The van der Waals surface area contributed by atoms with E-state index in [0.29, 0.717) is 11.3 Å². The SMILES string of the molecule is CC(C)N(C)S(=O)(=O)c1ccc(NC(=O)Cc2ccc([N+](=O)[O-])cc2)cc1. The van der Waals surface area contributed by atoms with Gasteiger partial charge in [0.1, 0.15) is 0 Å². The molecule has 0 saturated heterocycles. The highest BCUT2D eigenvalue weighted by atomic mass is 32.2. The summed E-state index contributed by atoms with van der Waals surface area (Å²) in [7, 11) is -2.06. The molecule has 0 aliphatic heterocycles. The molecule has 0 unspecified atom stereocenters. The van der Waals surface area contributed by atoms with Crippen LogP contribution in [0.2, 0.25) is 0 Å². The maximum absolute atomic E-state index is 12.4. The quantitative estimate of drug-likeness (QED) is 0.576. The first-order valence-corrected chi connectivity index (χ1v) is 9.66. The average molecular weight is 391 g/mol. The molecular formula is C18H21N3O5S. The largest absolute Gasteiger partial charge is 0.326 e. The third-order valence-corrected chi connectivity index (χ3v) is 6.10. The van der Waals surface area contributed by atoms with E-state index in [4.69, 9.17) is 0 Å². The molecule has 0 fully saturated rings. The van der Waals surface area contributed by atoms with Gasteiger partial charge in [0, 0.05) is 30.9 Å². The predicted octanol–water partition coefficient (Wildman–Crippen LogP) is 2.80. The molecule has 0 radical (unpaired) electrons. The number of nitro benzene ring substituents is 1. The molecule has 0 saturated carbocycles. The Balaban J connectivity index is 2.03. The molecule has 0 bridgehead atoms. The average Bonchev–Trinajstić information content (AvgIpc) is 2.61. The lowest BCUT2D eigenvalue weighted by atomic mass is 10.1. The topological polar surface area (TPSA) is 110 Å². The van der Waals surface area contributed by atoms with Crippen LogP contribution >= 0.6 is 0 Å². The summed E-state index contributed by atoms with van der Waals surface area (Å²) < 4.78 is 26.1. The van der Waals surface area contributed by atoms with Gasteiger partial charge in [-0.05, 0) is 43.7 Å². The molecule has 27 heavy (non-hydrogen) atoms. The highest BCUT2D eigenvalue weighted by molar-refractivity contribution is 7.89. The Morgan fingerprint density at radius 2 is 1.67 bits per heavy atom. The first-order valence-electron chi connectivity index (χ1n) is 8.22. The summed E-state index contributed by atoms with van der Waals surface area (Å²) in [6.45, 7) is 3.56. The van der Waals surface area contributed by atoms with Gasteiger partial charge in [-0.15, -0.1) is 0 Å². The molecule has 1 N–H and O–H groups in total. The third kappa shape index (κ3) is 5.11. The summed E-state index contributed by atoms with van der Waals surface area (Å²) in [6.07, 6.45) is 0.0497. The van der Waals surface area contributed by atoms with Crippen molar-refractivity contribution in [2.75, 3.05) is 12.4 Å². The van der Waals surface area contributed by atoms with Crippen LogP contribution in [-0.4, -0.2) is 36.6 Å². The number of nitrogens with one attached hydrogen (secondary N) is 1. The number of nitro groups is 1. The summed E-state index contributed by atoms with van der Waals surface area (Å²) >= 11 is 0. The zero-order valence-electron chi connectivity index (χ0n) is 15.2. The van der Waals surface area contributed by atoms with Crippen LogP contribution in [0, 0.1) is 10.1 Å². The van der Waals surface area contributed by atoms with Crippen LogP contribution in [0.15, 0.2) is 53.4 Å². The molecule has 0 aliphatic carbocycles. The zero-order chi connectivity index (χ0) is 20.2. The van der Waals surface area contributed by atoms with Gasteiger partial charge in [-0.1, -0.05) is 12.1 Å². The highest BCUT2D eigenvalue weighted by Gasteiger charge is 2.22. The number of carbonyl (C=O) groups is 1. The van der Waals surface area contributed by atoms with E-state index in [2.05, 4.69) is 5.32 Å². The Kier molecular flexibility index (Phi) is 6.29. The second-order valence-corrected chi connectivity index (χ2v) is 8.29. The van der Waals surface area contributed by atoms with Crippen LogP contribution in [0.3, 0.4) is 0 Å². The molecule has 1 amide bonds. The Morgan fingerprint density at radius 3 is 2.15 bits per heavy atom. The lowest BCUT2D eigenvalue weighted by molar-refractivity contribution is -0.384. The van der Waals surface area contributed by atoms with Crippen LogP contribution in [-0.2, 0) is 21.2 Å². The van der Waals surface area contributed by atoms with E-state index < -0.39 is 14.9 Å². The van der Waals surface area contributed by atoms with Gasteiger partial charge in [0.05, 0.1) is 16.2 Å². The Morgan fingerprint density at radius 1 is 1.11 bits per heavy atom. The number of hydrogen-bond acceptors (Lipinski definition) is 5. The molecule has 8 nitrogen and oxygen atoms in total. The van der Waals surface area contributed by atoms with Crippen molar-refractivity contribution in [3.05, 3.63) is 64.2 Å². The van der Waals surface area contributed by atoms with Crippen LogP contribution in [0.1, 0.15) is 19.4 Å². The van der Waals surface area contributed by atoms with Gasteiger partial charge in [-0.25, -0.2) is 8.42 Å². The van der Waals surface area contributed by atoms with Gasteiger partial charge >= 0.3 is 0 Å². The van der Waals surface area contributed by atoms with Crippen LogP contribution in [0.4, 0.5) is 11.4 Å².